The monoisotopic (exact) mass is 362 g/mol. The number of ether oxygens (including phenoxy) is 1. The van der Waals surface area contributed by atoms with Gasteiger partial charge in [-0.05, 0) is 49.9 Å². The predicted molar refractivity (Wildman–Crippen MR) is 93.5 cm³/mol. The van der Waals surface area contributed by atoms with Crippen molar-refractivity contribution in [2.24, 2.45) is 0 Å². The van der Waals surface area contributed by atoms with Crippen molar-refractivity contribution in [2.45, 2.75) is 37.2 Å². The van der Waals surface area contributed by atoms with Crippen LogP contribution < -0.4 is 4.74 Å². The molecule has 0 aliphatic heterocycles. The summed E-state index contributed by atoms with van der Waals surface area (Å²) in [6.45, 7) is 0. The van der Waals surface area contributed by atoms with Crippen molar-refractivity contribution >= 4 is 22.5 Å². The fourth-order valence-corrected chi connectivity index (χ4v) is 3.51. The first kappa shape index (κ1) is 16.3. The molecule has 0 bridgehead atoms. The number of benzene rings is 2. The van der Waals surface area contributed by atoms with E-state index in [0.29, 0.717) is 11.4 Å². The number of halogens is 3. The van der Waals surface area contributed by atoms with Gasteiger partial charge in [-0.2, -0.15) is 0 Å². The Balaban J connectivity index is 1.75. The average molecular weight is 363 g/mol. The molecule has 1 aliphatic rings. The molecule has 1 heterocycles. The number of hydrogen-bond acceptors (Lipinski definition) is 2. The number of nitrogens with zero attached hydrogens (tertiary/aromatic N) is 2. The molecule has 25 heavy (non-hydrogen) atoms. The van der Waals surface area contributed by atoms with E-state index >= 15 is 0 Å². The highest BCUT2D eigenvalue weighted by molar-refractivity contribution is 6.20. The number of alkyl halides is 1. The minimum absolute atomic E-state index is 0.0408. The van der Waals surface area contributed by atoms with E-state index in [1.54, 1.807) is 0 Å². The van der Waals surface area contributed by atoms with Gasteiger partial charge in [0, 0.05) is 11.4 Å². The van der Waals surface area contributed by atoms with Gasteiger partial charge in [0.1, 0.15) is 23.4 Å². The van der Waals surface area contributed by atoms with Crippen LogP contribution in [-0.2, 0) is 0 Å². The molecule has 0 unspecified atom stereocenters. The normalized spacial score (nSPS) is 20.8. The average Bonchev–Trinajstić information content (AvgIpc) is 2.98. The zero-order chi connectivity index (χ0) is 17.4. The van der Waals surface area contributed by atoms with Crippen LogP contribution >= 0.6 is 11.6 Å². The summed E-state index contributed by atoms with van der Waals surface area (Å²) < 4.78 is 35.3. The number of aromatic nitrogens is 2. The fraction of sp³-hybridized carbons (Fsp3) is 0.316. The van der Waals surface area contributed by atoms with Crippen LogP contribution in [0.3, 0.4) is 0 Å². The summed E-state index contributed by atoms with van der Waals surface area (Å²) in [5, 5.41) is 5.41. The summed E-state index contributed by atoms with van der Waals surface area (Å²) in [4.78, 5) is 0. The number of para-hydroxylation sites is 1. The van der Waals surface area contributed by atoms with Gasteiger partial charge in [-0.15, -0.1) is 16.7 Å². The maximum Gasteiger partial charge on any atom is 0.241 e. The summed E-state index contributed by atoms with van der Waals surface area (Å²) in [6.07, 6.45) is 3.58. The minimum Gasteiger partial charge on any atom is -0.473 e. The van der Waals surface area contributed by atoms with Crippen LogP contribution in [0.15, 0.2) is 42.5 Å². The highest BCUT2D eigenvalue weighted by Gasteiger charge is 2.23. The van der Waals surface area contributed by atoms with Gasteiger partial charge < -0.3 is 4.74 Å². The van der Waals surface area contributed by atoms with Crippen LogP contribution in [-0.4, -0.2) is 21.3 Å². The molecule has 6 heteroatoms. The Hall–Kier alpha value is -2.14. The third kappa shape index (κ3) is 3.21. The van der Waals surface area contributed by atoms with Crippen molar-refractivity contribution in [2.75, 3.05) is 0 Å². The van der Waals surface area contributed by atoms with Gasteiger partial charge >= 0.3 is 0 Å². The molecule has 0 spiro atoms. The van der Waals surface area contributed by atoms with Gasteiger partial charge in [0.05, 0.1) is 10.9 Å². The maximum absolute atomic E-state index is 14.2. The number of fused-ring (bicyclic) bond motifs is 1. The Morgan fingerprint density at radius 3 is 2.60 bits per heavy atom. The fourth-order valence-electron chi connectivity index (χ4n) is 3.25. The van der Waals surface area contributed by atoms with E-state index in [9.17, 15) is 8.78 Å². The summed E-state index contributed by atoms with van der Waals surface area (Å²) in [5.74, 6) is -0.611. The quantitative estimate of drug-likeness (QED) is 0.596. The molecule has 0 radical (unpaired) electrons. The van der Waals surface area contributed by atoms with E-state index in [4.69, 9.17) is 16.3 Å². The van der Waals surface area contributed by atoms with Crippen LogP contribution in [0.1, 0.15) is 25.7 Å². The summed E-state index contributed by atoms with van der Waals surface area (Å²) >= 11 is 6.14. The van der Waals surface area contributed by atoms with Gasteiger partial charge in [-0.25, -0.2) is 13.5 Å². The molecule has 130 valence electrons. The van der Waals surface area contributed by atoms with E-state index in [-0.39, 0.29) is 17.2 Å². The van der Waals surface area contributed by atoms with Crippen LogP contribution in [0.5, 0.6) is 5.88 Å². The molecule has 0 amide bonds. The van der Waals surface area contributed by atoms with E-state index in [2.05, 4.69) is 5.10 Å². The maximum atomic E-state index is 14.2. The van der Waals surface area contributed by atoms with Gasteiger partial charge in [0.25, 0.3) is 0 Å². The van der Waals surface area contributed by atoms with Crippen molar-refractivity contribution in [3.8, 4) is 11.6 Å². The second kappa shape index (κ2) is 6.64. The highest BCUT2D eigenvalue weighted by atomic mass is 35.5. The molecule has 3 aromatic rings. The van der Waals surface area contributed by atoms with Gasteiger partial charge in [0.2, 0.25) is 5.88 Å². The topological polar surface area (TPSA) is 27.1 Å². The Morgan fingerprint density at radius 2 is 1.80 bits per heavy atom. The van der Waals surface area contributed by atoms with Crippen molar-refractivity contribution < 1.29 is 13.5 Å². The molecule has 1 fully saturated rings. The van der Waals surface area contributed by atoms with Crippen LogP contribution in [0, 0.1) is 11.6 Å². The smallest absolute Gasteiger partial charge is 0.241 e. The molecule has 0 saturated heterocycles. The Kier molecular flexibility index (Phi) is 4.34. The van der Waals surface area contributed by atoms with E-state index in [1.807, 2.05) is 24.3 Å². The standard InChI is InChI=1S/C19H17ClF2N2O/c20-12-5-8-14(9-6-12)25-19-15-3-1-2-4-17(15)24(23-19)18-11-13(21)7-10-16(18)22/h1-4,7,10-12,14H,5-6,8-9H2. The van der Waals surface area contributed by atoms with Crippen molar-refractivity contribution in [1.82, 2.24) is 9.78 Å². The summed E-state index contributed by atoms with van der Waals surface area (Å²) in [5.41, 5.74) is 0.739. The zero-order valence-electron chi connectivity index (χ0n) is 13.5. The molecule has 3 nitrogen and oxygen atoms in total. The SMILES string of the molecule is Fc1ccc(F)c(-n2nc(OC3CCC(Cl)CC3)c3ccccc32)c1. The largest absolute Gasteiger partial charge is 0.473 e. The highest BCUT2D eigenvalue weighted by Crippen LogP contribution is 2.32. The molecule has 0 N–H and O–H groups in total. The molecular weight excluding hydrogens is 346 g/mol. The lowest BCUT2D eigenvalue weighted by Crippen LogP contribution is -2.24. The molecule has 0 atom stereocenters. The zero-order valence-corrected chi connectivity index (χ0v) is 14.2. The van der Waals surface area contributed by atoms with E-state index in [0.717, 1.165) is 49.3 Å². The lowest BCUT2D eigenvalue weighted by atomic mass is 9.97. The van der Waals surface area contributed by atoms with Crippen molar-refractivity contribution in [3.05, 3.63) is 54.1 Å². The van der Waals surface area contributed by atoms with Crippen LogP contribution in [0.25, 0.3) is 16.6 Å². The van der Waals surface area contributed by atoms with Crippen molar-refractivity contribution in [1.29, 1.82) is 0 Å². The van der Waals surface area contributed by atoms with Gasteiger partial charge in [-0.1, -0.05) is 12.1 Å². The number of rotatable bonds is 3. The van der Waals surface area contributed by atoms with Crippen LogP contribution in [0.2, 0.25) is 0 Å². The molecule has 1 aromatic heterocycles. The molecule has 1 saturated carbocycles. The second-order valence-electron chi connectivity index (χ2n) is 6.32. The molecule has 2 aromatic carbocycles. The molecular formula is C19H17ClF2N2O. The van der Waals surface area contributed by atoms with Gasteiger partial charge in [0.15, 0.2) is 0 Å². The third-order valence-corrected chi connectivity index (χ3v) is 5.01. The van der Waals surface area contributed by atoms with Gasteiger partial charge in [-0.3, -0.25) is 0 Å². The van der Waals surface area contributed by atoms with E-state index in [1.165, 1.54) is 4.68 Å². The summed E-state index contributed by atoms with van der Waals surface area (Å²) in [7, 11) is 0. The Morgan fingerprint density at radius 1 is 1.04 bits per heavy atom. The first-order valence-corrected chi connectivity index (χ1v) is 8.79. The predicted octanol–water partition coefficient (Wildman–Crippen LogP) is 5.23. The number of hydrogen-bond donors (Lipinski definition) is 0. The lowest BCUT2D eigenvalue weighted by molar-refractivity contribution is 0.151. The minimum atomic E-state index is -0.538. The Labute approximate surface area is 149 Å². The van der Waals surface area contributed by atoms with Crippen LogP contribution in [0.4, 0.5) is 8.78 Å². The first-order chi connectivity index (χ1) is 12.1. The van der Waals surface area contributed by atoms with E-state index < -0.39 is 11.6 Å². The molecule has 1 aliphatic carbocycles. The Bertz CT molecular complexity index is 904. The third-order valence-electron chi connectivity index (χ3n) is 4.57. The second-order valence-corrected chi connectivity index (χ2v) is 6.94. The summed E-state index contributed by atoms with van der Waals surface area (Å²) in [6, 6.07) is 10.7. The first-order valence-electron chi connectivity index (χ1n) is 8.36. The molecule has 4 rings (SSSR count). The lowest BCUT2D eigenvalue weighted by Gasteiger charge is -2.24. The van der Waals surface area contributed by atoms with Crippen molar-refractivity contribution in [3.63, 3.8) is 0 Å².